The summed E-state index contributed by atoms with van der Waals surface area (Å²) in [5.41, 5.74) is -2.59. The summed E-state index contributed by atoms with van der Waals surface area (Å²) >= 11 is 0. The number of hydrazine groups is 3. The second kappa shape index (κ2) is 21.6. The molecule has 15 nitrogen and oxygen atoms in total. The molecule has 0 spiro atoms. The smallest absolute Gasteiger partial charge is 0.242 e. The van der Waals surface area contributed by atoms with Gasteiger partial charge in [-0.3, -0.25) is 30.3 Å². The molecule has 0 aliphatic carbocycles. The minimum absolute atomic E-state index is 0.144. The van der Waals surface area contributed by atoms with Gasteiger partial charge in [-0.2, -0.15) is 0 Å². The van der Waals surface area contributed by atoms with Gasteiger partial charge in [0, 0.05) is 93.6 Å². The van der Waals surface area contributed by atoms with E-state index in [1.807, 2.05) is 41.5 Å². The van der Waals surface area contributed by atoms with Crippen LogP contribution in [-0.4, -0.2) is 193 Å². The Morgan fingerprint density at radius 2 is 0.621 bits per heavy atom. The molecule has 0 aromatic heterocycles. The lowest BCUT2D eigenvalue weighted by atomic mass is 9.90. The van der Waals surface area contributed by atoms with E-state index in [4.69, 9.17) is 0 Å². The Morgan fingerprint density at radius 1 is 0.409 bits per heavy atom. The predicted molar refractivity (Wildman–Crippen MR) is 271 cm³/mol. The normalized spacial score (nSPS) is 25.3. The lowest BCUT2D eigenvalue weighted by Gasteiger charge is -2.56. The molecule has 15 heteroatoms. The van der Waals surface area contributed by atoms with Gasteiger partial charge in [0.2, 0.25) is 17.7 Å². The highest BCUT2D eigenvalue weighted by molar-refractivity contribution is 5.87. The SMILES string of the molecule is CC(C)CC(C)N(CCN1CC(C)(C)NC(C)(C)C1=O)N1CN(N(CCN2CC(C)(C)NC(C)(C)C2=O)C(C)CC(C)C)CN(N(CCN2CC(C)(C)NC(C)(C)C2=O)C(C)CC(C)C)C1. The summed E-state index contributed by atoms with van der Waals surface area (Å²) < 4.78 is 0. The number of carbonyl (C=O) groups is 3. The fraction of sp³-hybridized carbons (Fsp3) is 0.941. The maximum absolute atomic E-state index is 14.0. The van der Waals surface area contributed by atoms with Crippen molar-refractivity contribution >= 4 is 17.7 Å². The molecule has 0 aromatic rings. The number of amides is 3. The molecule has 0 bridgehead atoms. The molecular weight excluding hydrogens is 829 g/mol. The molecule has 0 radical (unpaired) electrons. The van der Waals surface area contributed by atoms with Crippen LogP contribution in [0.2, 0.25) is 0 Å². The van der Waals surface area contributed by atoms with Crippen molar-refractivity contribution < 1.29 is 14.4 Å². The number of nitrogens with one attached hydrogen (secondary N) is 3. The number of hydrogen-bond acceptors (Lipinski definition) is 12. The van der Waals surface area contributed by atoms with Crippen LogP contribution in [0.3, 0.4) is 0 Å². The summed E-state index contributed by atoms with van der Waals surface area (Å²) in [6, 6.07) is 0.624. The van der Waals surface area contributed by atoms with E-state index in [-0.39, 0.29) is 52.5 Å². The van der Waals surface area contributed by atoms with Crippen LogP contribution in [0.15, 0.2) is 0 Å². The Hall–Kier alpha value is -1.95. The van der Waals surface area contributed by atoms with Gasteiger partial charge in [0.1, 0.15) is 0 Å². The number of piperazine rings is 3. The molecule has 0 aromatic carbocycles. The average molecular weight is 931 g/mol. The molecule has 4 aliphatic heterocycles. The fourth-order valence-electron chi connectivity index (χ4n) is 12.4. The first-order valence-electron chi connectivity index (χ1n) is 25.9. The van der Waals surface area contributed by atoms with E-state index >= 15 is 0 Å². The number of carbonyl (C=O) groups excluding carboxylic acids is 3. The van der Waals surface area contributed by atoms with Gasteiger partial charge < -0.3 is 14.7 Å². The zero-order chi connectivity index (χ0) is 50.1. The van der Waals surface area contributed by atoms with Gasteiger partial charge in [0.05, 0.1) is 36.6 Å². The third-order valence-corrected chi connectivity index (χ3v) is 14.0. The first-order chi connectivity index (χ1) is 30.0. The third kappa shape index (κ3) is 15.0. The minimum Gasteiger partial charge on any atom is -0.338 e. The van der Waals surface area contributed by atoms with Gasteiger partial charge in [-0.1, -0.05) is 41.5 Å². The van der Waals surface area contributed by atoms with Crippen LogP contribution >= 0.6 is 0 Å². The van der Waals surface area contributed by atoms with Crippen molar-refractivity contribution in [3.8, 4) is 0 Å². The van der Waals surface area contributed by atoms with E-state index in [9.17, 15) is 14.4 Å². The average Bonchev–Trinajstić information content (AvgIpc) is 3.12. The standard InChI is InChI=1S/C51H102N12O3/c1-37(2)28-40(7)61(25-22-55-31-46(10,11)52-49(16,17)43(55)64)58-34-59(62(41(8)29-38(3)4)26-23-56-32-47(12,13)53-50(18,19)44(56)65)36-60(35-58)63(42(9)30-39(5)6)27-24-57-33-48(14,15)54-51(20,21)45(57)66/h37-42,52-54H,22-36H2,1-21H3. The van der Waals surface area contributed by atoms with Crippen LogP contribution in [-0.2, 0) is 14.4 Å². The summed E-state index contributed by atoms with van der Waals surface area (Å²) in [5, 5.41) is 26.1. The molecule has 4 aliphatic rings. The molecule has 4 saturated heterocycles. The first-order valence-corrected chi connectivity index (χ1v) is 25.9. The molecule has 4 heterocycles. The van der Waals surface area contributed by atoms with Crippen LogP contribution in [0.4, 0.5) is 0 Å². The molecule has 66 heavy (non-hydrogen) atoms. The Bertz CT molecular complexity index is 1440. The van der Waals surface area contributed by atoms with E-state index in [0.29, 0.717) is 96.7 Å². The van der Waals surface area contributed by atoms with Crippen molar-refractivity contribution in [3.63, 3.8) is 0 Å². The van der Waals surface area contributed by atoms with Crippen LogP contribution in [0, 0.1) is 17.8 Å². The predicted octanol–water partition coefficient (Wildman–Crippen LogP) is 5.70. The van der Waals surface area contributed by atoms with E-state index in [1.54, 1.807) is 0 Å². The number of nitrogens with zero attached hydrogens (tertiary/aromatic N) is 9. The van der Waals surface area contributed by atoms with Crippen molar-refractivity contribution in [2.45, 2.75) is 216 Å². The van der Waals surface area contributed by atoms with Crippen molar-refractivity contribution in [2.75, 3.05) is 78.9 Å². The molecule has 3 amide bonds. The first kappa shape index (κ1) is 56.6. The molecule has 4 rings (SSSR count). The quantitative estimate of drug-likeness (QED) is 0.131. The Labute approximate surface area is 404 Å². The van der Waals surface area contributed by atoms with E-state index in [1.165, 1.54) is 0 Å². The summed E-state index contributed by atoms with van der Waals surface area (Å²) in [7, 11) is 0. The lowest BCUT2D eigenvalue weighted by molar-refractivity contribution is -0.270. The second-order valence-corrected chi connectivity index (χ2v) is 26.0. The highest BCUT2D eigenvalue weighted by atomic mass is 16.2. The maximum Gasteiger partial charge on any atom is 0.242 e. The topological polar surface area (TPSA) is 116 Å². The Balaban J connectivity index is 1.81. The van der Waals surface area contributed by atoms with Gasteiger partial charge >= 0.3 is 0 Å². The van der Waals surface area contributed by atoms with Gasteiger partial charge in [-0.05, 0) is 141 Å². The third-order valence-electron chi connectivity index (χ3n) is 14.0. The zero-order valence-corrected chi connectivity index (χ0v) is 46.3. The summed E-state index contributed by atoms with van der Waals surface area (Å²) in [6.07, 6.45) is 3.03. The van der Waals surface area contributed by atoms with Crippen molar-refractivity contribution in [3.05, 3.63) is 0 Å². The molecular formula is C51H102N12O3. The summed E-state index contributed by atoms with van der Waals surface area (Å²) in [4.78, 5) is 48.3. The second-order valence-electron chi connectivity index (χ2n) is 26.0. The zero-order valence-electron chi connectivity index (χ0n) is 46.3. The molecule has 384 valence electrons. The highest BCUT2D eigenvalue weighted by Gasteiger charge is 2.47. The molecule has 3 unspecified atom stereocenters. The number of hydrogen-bond donors (Lipinski definition) is 3. The largest absolute Gasteiger partial charge is 0.338 e. The maximum atomic E-state index is 14.0. The van der Waals surface area contributed by atoms with Crippen LogP contribution in [0.5, 0.6) is 0 Å². The van der Waals surface area contributed by atoms with Gasteiger partial charge in [0.25, 0.3) is 0 Å². The molecule has 3 atom stereocenters. The Morgan fingerprint density at radius 3 is 0.818 bits per heavy atom. The Kier molecular flexibility index (Phi) is 18.5. The molecule has 0 saturated carbocycles. The fourth-order valence-corrected chi connectivity index (χ4v) is 12.4. The van der Waals surface area contributed by atoms with Gasteiger partial charge in [0.15, 0.2) is 0 Å². The van der Waals surface area contributed by atoms with Crippen molar-refractivity contribution in [1.29, 1.82) is 0 Å². The highest BCUT2D eigenvalue weighted by Crippen LogP contribution is 2.29. The van der Waals surface area contributed by atoms with Crippen molar-refractivity contribution in [2.24, 2.45) is 17.8 Å². The van der Waals surface area contributed by atoms with Crippen molar-refractivity contribution in [1.82, 2.24) is 60.7 Å². The van der Waals surface area contributed by atoms with Gasteiger partial charge in [-0.15, -0.1) is 0 Å². The van der Waals surface area contributed by atoms with E-state index < -0.39 is 16.6 Å². The molecule has 4 fully saturated rings. The van der Waals surface area contributed by atoms with E-state index in [2.05, 4.69) is 165 Å². The van der Waals surface area contributed by atoms with Crippen LogP contribution < -0.4 is 16.0 Å². The lowest BCUT2D eigenvalue weighted by Crippen LogP contribution is -2.72. The monoisotopic (exact) mass is 931 g/mol. The number of rotatable bonds is 21. The molecule has 3 N–H and O–H groups in total. The van der Waals surface area contributed by atoms with Crippen LogP contribution in [0.1, 0.15) is 165 Å². The summed E-state index contributed by atoms with van der Waals surface area (Å²) in [6.45, 7) is 54.1. The summed E-state index contributed by atoms with van der Waals surface area (Å²) in [5.74, 6) is 1.89. The van der Waals surface area contributed by atoms with Gasteiger partial charge in [-0.25, -0.2) is 30.1 Å². The minimum atomic E-state index is -0.651. The van der Waals surface area contributed by atoms with Crippen LogP contribution in [0.25, 0.3) is 0 Å². The van der Waals surface area contributed by atoms with E-state index in [0.717, 1.165) is 19.3 Å².